The number of benzene rings is 2. The molecule has 2 heterocycles. The van der Waals surface area contributed by atoms with Gasteiger partial charge < -0.3 is 5.32 Å². The zero-order chi connectivity index (χ0) is 18.6. The molecule has 0 bridgehead atoms. The highest BCUT2D eigenvalue weighted by atomic mass is 32.1. The van der Waals surface area contributed by atoms with Gasteiger partial charge in [0, 0.05) is 17.8 Å². The molecule has 0 amide bonds. The van der Waals surface area contributed by atoms with Crippen LogP contribution in [0.1, 0.15) is 34.3 Å². The molecule has 4 rings (SSSR count). The highest BCUT2D eigenvalue weighted by Gasteiger charge is 2.12. The second-order valence-corrected chi connectivity index (χ2v) is 7.89. The maximum Gasteiger partial charge on any atom is 0.138 e. The number of aryl methyl sites for hydroxylation is 2. The lowest BCUT2D eigenvalue weighted by Crippen LogP contribution is -2.05. The molecule has 1 N–H and O–H groups in total. The number of fused-ring (bicyclic) bond motifs is 1. The number of hydrogen-bond acceptors (Lipinski definition) is 4. The molecular weight excluding hydrogens is 350 g/mol. The smallest absolute Gasteiger partial charge is 0.138 e. The Kier molecular flexibility index (Phi) is 5.16. The van der Waals surface area contributed by atoms with E-state index in [1.807, 2.05) is 6.07 Å². The van der Waals surface area contributed by atoms with Gasteiger partial charge in [-0.05, 0) is 30.5 Å². The number of hydrogen-bond donors (Lipinski definition) is 1. The minimum absolute atomic E-state index is 0.745. The highest BCUT2D eigenvalue weighted by Crippen LogP contribution is 2.30. The quantitative estimate of drug-likeness (QED) is 0.466. The summed E-state index contributed by atoms with van der Waals surface area (Å²) in [5.41, 5.74) is 3.76. The summed E-state index contributed by atoms with van der Waals surface area (Å²) in [5.74, 6) is 1.80. The fourth-order valence-corrected chi connectivity index (χ4v) is 4.06. The van der Waals surface area contributed by atoms with Gasteiger partial charge in [0.15, 0.2) is 0 Å². The number of anilines is 1. The van der Waals surface area contributed by atoms with E-state index >= 15 is 0 Å². The Labute approximate surface area is 164 Å². The van der Waals surface area contributed by atoms with Crippen molar-refractivity contribution < 1.29 is 0 Å². The van der Waals surface area contributed by atoms with Crippen LogP contribution in [0, 0.1) is 6.92 Å². The Balaban J connectivity index is 1.65. The van der Waals surface area contributed by atoms with Crippen molar-refractivity contribution in [3.8, 4) is 0 Å². The second kappa shape index (κ2) is 7.89. The summed E-state index contributed by atoms with van der Waals surface area (Å²) < 4.78 is 0. The van der Waals surface area contributed by atoms with E-state index in [0.29, 0.717) is 0 Å². The second-order valence-electron chi connectivity index (χ2n) is 6.78. The lowest BCUT2D eigenvalue weighted by Gasteiger charge is -2.09. The Morgan fingerprint density at radius 3 is 2.44 bits per heavy atom. The minimum Gasteiger partial charge on any atom is -0.365 e. The van der Waals surface area contributed by atoms with Gasteiger partial charge in [-0.25, -0.2) is 9.97 Å². The van der Waals surface area contributed by atoms with Gasteiger partial charge in [0.2, 0.25) is 0 Å². The monoisotopic (exact) mass is 373 g/mol. The van der Waals surface area contributed by atoms with Crippen LogP contribution in [0.3, 0.4) is 0 Å². The molecular formula is C23H23N3S. The Morgan fingerprint density at radius 1 is 0.926 bits per heavy atom. The maximum absolute atomic E-state index is 4.86. The molecule has 0 aliphatic carbocycles. The first kappa shape index (κ1) is 17.7. The predicted octanol–water partition coefficient (Wildman–Crippen LogP) is 5.77. The average Bonchev–Trinajstić information content (AvgIpc) is 3.11. The van der Waals surface area contributed by atoms with E-state index in [-0.39, 0.29) is 0 Å². The van der Waals surface area contributed by atoms with E-state index < -0.39 is 0 Å². The van der Waals surface area contributed by atoms with Gasteiger partial charge >= 0.3 is 0 Å². The van der Waals surface area contributed by atoms with E-state index in [0.717, 1.165) is 41.2 Å². The molecule has 0 unspecified atom stereocenters. The Hall–Kier alpha value is -2.72. The summed E-state index contributed by atoms with van der Waals surface area (Å²) >= 11 is 1.77. The van der Waals surface area contributed by atoms with Crippen LogP contribution >= 0.6 is 11.3 Å². The van der Waals surface area contributed by atoms with Crippen molar-refractivity contribution in [3.63, 3.8) is 0 Å². The van der Waals surface area contributed by atoms with E-state index in [4.69, 9.17) is 9.97 Å². The lowest BCUT2D eigenvalue weighted by atomic mass is 10.1. The molecule has 0 aliphatic heterocycles. The van der Waals surface area contributed by atoms with Crippen molar-refractivity contribution in [2.45, 2.75) is 33.2 Å². The molecule has 0 saturated heterocycles. The molecule has 4 aromatic rings. The summed E-state index contributed by atoms with van der Waals surface area (Å²) in [6, 6.07) is 21.2. The van der Waals surface area contributed by atoms with Crippen LogP contribution in [0.2, 0.25) is 0 Å². The first-order valence-corrected chi connectivity index (χ1v) is 10.2. The average molecular weight is 374 g/mol. The summed E-state index contributed by atoms with van der Waals surface area (Å²) in [5, 5.41) is 4.67. The van der Waals surface area contributed by atoms with E-state index in [2.05, 4.69) is 73.8 Å². The molecule has 2 aromatic heterocycles. The zero-order valence-electron chi connectivity index (χ0n) is 15.7. The van der Waals surface area contributed by atoms with Crippen molar-refractivity contribution in [2.24, 2.45) is 0 Å². The fourth-order valence-electron chi connectivity index (χ4n) is 3.07. The van der Waals surface area contributed by atoms with E-state index in [9.17, 15) is 0 Å². The lowest BCUT2D eigenvalue weighted by molar-refractivity contribution is 0.985. The molecule has 136 valence electrons. The molecule has 0 fully saturated rings. The van der Waals surface area contributed by atoms with Crippen molar-refractivity contribution in [3.05, 3.63) is 88.1 Å². The molecule has 0 spiro atoms. The number of aromatic nitrogens is 2. The van der Waals surface area contributed by atoms with Crippen molar-refractivity contribution in [1.29, 1.82) is 0 Å². The first-order chi connectivity index (χ1) is 13.2. The van der Waals surface area contributed by atoms with Gasteiger partial charge in [0.1, 0.15) is 16.5 Å². The van der Waals surface area contributed by atoms with Gasteiger partial charge in [-0.1, -0.05) is 67.1 Å². The van der Waals surface area contributed by atoms with Crippen molar-refractivity contribution in [1.82, 2.24) is 9.97 Å². The van der Waals surface area contributed by atoms with Crippen LogP contribution in [-0.4, -0.2) is 9.97 Å². The maximum atomic E-state index is 4.86. The number of nitrogens with zero attached hydrogens (tertiary/aromatic N) is 2. The highest BCUT2D eigenvalue weighted by molar-refractivity contribution is 7.18. The Bertz CT molecular complexity index is 1040. The van der Waals surface area contributed by atoms with Gasteiger partial charge in [-0.2, -0.15) is 0 Å². The standard InChI is InChI=1S/C23H23N3S/c1-3-19-14-20-22(24-15-18-11-9-16(2)10-12-18)25-21(26-23(20)27-19)13-17-7-5-4-6-8-17/h4-12,14H,3,13,15H2,1-2H3,(H,24,25,26). The molecule has 0 saturated carbocycles. The van der Waals surface area contributed by atoms with Gasteiger partial charge in [0.25, 0.3) is 0 Å². The van der Waals surface area contributed by atoms with Crippen molar-refractivity contribution in [2.75, 3.05) is 5.32 Å². The number of thiophene rings is 1. The third kappa shape index (κ3) is 4.17. The molecule has 0 aliphatic rings. The zero-order valence-corrected chi connectivity index (χ0v) is 16.5. The van der Waals surface area contributed by atoms with Crippen LogP contribution in [0.4, 0.5) is 5.82 Å². The fraction of sp³-hybridized carbons (Fsp3) is 0.217. The van der Waals surface area contributed by atoms with Crippen LogP contribution in [0.5, 0.6) is 0 Å². The first-order valence-electron chi connectivity index (χ1n) is 9.34. The summed E-state index contributed by atoms with van der Waals surface area (Å²) in [6.45, 7) is 5.05. The molecule has 0 atom stereocenters. The third-order valence-corrected chi connectivity index (χ3v) is 5.80. The van der Waals surface area contributed by atoms with E-state index in [1.165, 1.54) is 21.6 Å². The predicted molar refractivity (Wildman–Crippen MR) is 115 cm³/mol. The van der Waals surface area contributed by atoms with Crippen LogP contribution < -0.4 is 5.32 Å². The third-order valence-electron chi connectivity index (χ3n) is 4.62. The van der Waals surface area contributed by atoms with Crippen LogP contribution in [0.15, 0.2) is 60.7 Å². The van der Waals surface area contributed by atoms with Crippen LogP contribution in [-0.2, 0) is 19.4 Å². The molecule has 3 nitrogen and oxygen atoms in total. The number of nitrogens with one attached hydrogen (secondary N) is 1. The largest absolute Gasteiger partial charge is 0.365 e. The van der Waals surface area contributed by atoms with Crippen LogP contribution in [0.25, 0.3) is 10.2 Å². The topological polar surface area (TPSA) is 37.8 Å². The van der Waals surface area contributed by atoms with Gasteiger partial charge in [-0.15, -0.1) is 11.3 Å². The summed E-state index contributed by atoms with van der Waals surface area (Å²) in [4.78, 5) is 12.1. The van der Waals surface area contributed by atoms with Gasteiger partial charge in [0.05, 0.1) is 5.39 Å². The number of rotatable bonds is 6. The van der Waals surface area contributed by atoms with Gasteiger partial charge in [-0.3, -0.25) is 0 Å². The Morgan fingerprint density at radius 2 is 1.70 bits per heavy atom. The van der Waals surface area contributed by atoms with E-state index in [1.54, 1.807) is 11.3 Å². The molecule has 0 radical (unpaired) electrons. The summed E-state index contributed by atoms with van der Waals surface area (Å²) in [6.07, 6.45) is 1.77. The summed E-state index contributed by atoms with van der Waals surface area (Å²) in [7, 11) is 0. The SMILES string of the molecule is CCc1cc2c(NCc3ccc(C)cc3)nc(Cc3ccccc3)nc2s1. The van der Waals surface area contributed by atoms with Crippen molar-refractivity contribution >= 4 is 27.4 Å². The molecule has 27 heavy (non-hydrogen) atoms. The minimum atomic E-state index is 0.745. The molecule has 2 aromatic carbocycles. The molecule has 4 heteroatoms. The normalized spacial score (nSPS) is 11.0.